The van der Waals surface area contributed by atoms with Crippen LogP contribution in [0.15, 0.2) is 6.33 Å². The Labute approximate surface area is 250 Å². The molecule has 2 fully saturated rings. The average molecular weight is 647 g/mol. The third kappa shape index (κ3) is 6.72. The minimum Gasteiger partial charge on any atom is -0.479 e. The molecule has 20 heteroatoms. The van der Waals surface area contributed by atoms with Gasteiger partial charge in [-0.1, -0.05) is 11.4 Å². The molecule has 2 aliphatic heterocycles. The van der Waals surface area contributed by atoms with Crippen LogP contribution in [-0.4, -0.2) is 115 Å². The number of aliphatic hydroxyl groups excluding tert-OH is 1. The van der Waals surface area contributed by atoms with E-state index < -0.39 is 73.5 Å². The molecule has 2 aliphatic rings. The number of methoxy groups -OCH3 is 1. The predicted molar refractivity (Wildman–Crippen MR) is 152 cm³/mol. The molecule has 7 atom stereocenters. The number of imide groups is 1. The molecule has 238 valence electrons. The Hall–Kier alpha value is -3.06. The molecule has 0 spiro atoms. The topological polar surface area (TPSA) is 243 Å². The monoisotopic (exact) mass is 646 g/mol. The Morgan fingerprint density at radius 1 is 1.35 bits per heavy atom. The molecule has 0 bridgehead atoms. The average Bonchev–Trinajstić information content (AvgIpc) is 3.52. The SMILES string of the molecule is COc1nc(N)nc2c1ncn2[C@@H]1OC(CO[P@@](=O)(N[C@H](C)C(=O)OC(C)C)SCC2C(=O)NC(=O)N2C)[C@@H](O)[C@@]1(C)O. The summed E-state index contributed by atoms with van der Waals surface area (Å²) >= 11 is 0.686. The Bertz CT molecular complexity index is 1440. The molecule has 2 aromatic heterocycles. The van der Waals surface area contributed by atoms with E-state index in [0.29, 0.717) is 11.4 Å². The lowest BCUT2D eigenvalue weighted by Gasteiger charge is -2.27. The molecule has 0 aliphatic carbocycles. The van der Waals surface area contributed by atoms with E-state index in [-0.39, 0.29) is 28.7 Å². The minimum atomic E-state index is -4.05. The van der Waals surface area contributed by atoms with Crippen molar-refractivity contribution in [3.63, 3.8) is 0 Å². The van der Waals surface area contributed by atoms with Crippen LogP contribution in [0.1, 0.15) is 33.9 Å². The molecule has 2 saturated heterocycles. The van der Waals surface area contributed by atoms with Gasteiger partial charge in [0.1, 0.15) is 29.9 Å². The van der Waals surface area contributed by atoms with Gasteiger partial charge >= 0.3 is 18.7 Å². The maximum atomic E-state index is 14.0. The van der Waals surface area contributed by atoms with Crippen molar-refractivity contribution in [1.29, 1.82) is 0 Å². The molecule has 6 N–H and O–H groups in total. The number of nitrogens with zero attached hydrogens (tertiary/aromatic N) is 5. The van der Waals surface area contributed by atoms with E-state index in [2.05, 4.69) is 25.4 Å². The van der Waals surface area contributed by atoms with Gasteiger partial charge < -0.3 is 39.6 Å². The highest BCUT2D eigenvalue weighted by Gasteiger charge is 2.54. The van der Waals surface area contributed by atoms with Gasteiger partial charge in [0, 0.05) is 12.8 Å². The first kappa shape index (κ1) is 32.8. The third-order valence-corrected chi connectivity index (χ3v) is 10.9. The number of aromatic nitrogens is 4. The van der Waals surface area contributed by atoms with E-state index >= 15 is 0 Å². The van der Waals surface area contributed by atoms with Crippen molar-refractivity contribution in [2.75, 3.05) is 32.3 Å². The third-order valence-electron chi connectivity index (χ3n) is 6.80. The van der Waals surface area contributed by atoms with Gasteiger partial charge in [-0.3, -0.25) is 24.0 Å². The number of nitrogens with two attached hydrogens (primary N) is 1. The zero-order valence-corrected chi connectivity index (χ0v) is 26.0. The van der Waals surface area contributed by atoms with Crippen molar-refractivity contribution in [2.24, 2.45) is 0 Å². The smallest absolute Gasteiger partial charge is 0.327 e. The van der Waals surface area contributed by atoms with Crippen LogP contribution in [-0.2, 0) is 28.2 Å². The molecule has 2 aromatic rings. The number of nitrogens with one attached hydrogen (secondary N) is 2. The summed E-state index contributed by atoms with van der Waals surface area (Å²) < 4.78 is 37.5. The second-order valence-electron chi connectivity index (χ2n) is 10.5. The van der Waals surface area contributed by atoms with Gasteiger partial charge in [0.15, 0.2) is 17.4 Å². The number of esters is 1. The van der Waals surface area contributed by atoms with Crippen molar-refractivity contribution < 1.29 is 47.9 Å². The van der Waals surface area contributed by atoms with E-state index in [1.807, 2.05) is 0 Å². The van der Waals surface area contributed by atoms with Crippen LogP contribution >= 0.6 is 18.1 Å². The number of carbonyl (C=O) groups is 3. The standard InChI is InChI=1S/C23H35N8O10PS/c1-10(2)40-19(34)11(3)29-42(37,43-8-12-17(33)27-22(35)30(12)5)39-7-13-15(32)23(4,36)20(41-13)31-9-25-14-16(31)26-21(24)28-18(14)38-6/h9-13,15,20,32,36H,7-8H2,1-6H3,(H,29,37)(H2,24,26,28)(H,27,33,35)/t11-,12?,13?,15-,20-,23-,42+/m1/s1. The summed E-state index contributed by atoms with van der Waals surface area (Å²) in [5, 5.41) is 27.1. The maximum absolute atomic E-state index is 14.0. The Kier molecular flexibility index (Phi) is 9.55. The molecule has 18 nitrogen and oxygen atoms in total. The van der Waals surface area contributed by atoms with Crippen LogP contribution in [0, 0.1) is 0 Å². The van der Waals surface area contributed by atoms with Gasteiger partial charge in [0.2, 0.25) is 11.8 Å². The lowest BCUT2D eigenvalue weighted by molar-refractivity contribution is -0.149. The zero-order chi connectivity index (χ0) is 31.9. The molecule has 4 rings (SSSR count). The van der Waals surface area contributed by atoms with E-state index in [1.165, 1.54) is 38.9 Å². The second kappa shape index (κ2) is 12.5. The van der Waals surface area contributed by atoms with Crippen molar-refractivity contribution in [2.45, 2.75) is 69.9 Å². The minimum absolute atomic E-state index is 0.0942. The number of aliphatic hydroxyl groups is 2. The van der Waals surface area contributed by atoms with Gasteiger partial charge in [-0.05, 0) is 27.7 Å². The Morgan fingerprint density at radius 2 is 2.05 bits per heavy atom. The summed E-state index contributed by atoms with van der Waals surface area (Å²) in [7, 11) is 2.79. The fraction of sp³-hybridized carbons (Fsp3) is 0.652. The van der Waals surface area contributed by atoms with Crippen LogP contribution < -0.4 is 20.9 Å². The van der Waals surface area contributed by atoms with Crippen LogP contribution in [0.2, 0.25) is 0 Å². The summed E-state index contributed by atoms with van der Waals surface area (Å²) in [6.07, 6.45) is -3.16. The van der Waals surface area contributed by atoms with Gasteiger partial charge in [-0.2, -0.15) is 9.97 Å². The van der Waals surface area contributed by atoms with Gasteiger partial charge in [0.05, 0.1) is 26.1 Å². The highest BCUT2D eigenvalue weighted by Crippen LogP contribution is 2.57. The molecule has 0 saturated carbocycles. The number of amides is 3. The number of anilines is 1. The molecular formula is C23H35N8O10PS. The van der Waals surface area contributed by atoms with E-state index in [4.69, 9.17) is 24.5 Å². The van der Waals surface area contributed by atoms with Crippen LogP contribution in [0.4, 0.5) is 10.7 Å². The molecule has 0 aromatic carbocycles. The first-order chi connectivity index (χ1) is 20.1. The molecular weight excluding hydrogens is 611 g/mol. The number of fused-ring (bicyclic) bond motifs is 1. The first-order valence-corrected chi connectivity index (χ1v) is 16.3. The Balaban J connectivity index is 1.54. The molecule has 43 heavy (non-hydrogen) atoms. The molecule has 0 radical (unpaired) electrons. The van der Waals surface area contributed by atoms with Crippen molar-refractivity contribution >= 4 is 53.1 Å². The van der Waals surface area contributed by atoms with Crippen LogP contribution in [0.5, 0.6) is 5.88 Å². The summed E-state index contributed by atoms with van der Waals surface area (Å²) in [6.45, 7) is 1.49. The lowest BCUT2D eigenvalue weighted by Crippen LogP contribution is -2.44. The number of rotatable bonds is 12. The lowest BCUT2D eigenvalue weighted by atomic mass is 9.96. The quantitative estimate of drug-likeness (QED) is 0.114. The molecule has 3 amide bonds. The molecule has 2 unspecified atom stereocenters. The number of hydrogen-bond donors (Lipinski definition) is 5. The van der Waals surface area contributed by atoms with Crippen molar-refractivity contribution in [3.8, 4) is 5.88 Å². The van der Waals surface area contributed by atoms with E-state index in [0.717, 1.165) is 4.90 Å². The number of nitrogen functional groups attached to an aromatic ring is 1. The summed E-state index contributed by atoms with van der Waals surface area (Å²) in [5.41, 5.74) is 4.27. The second-order valence-corrected chi connectivity index (χ2v) is 14.8. The number of imidazole rings is 1. The van der Waals surface area contributed by atoms with Crippen molar-refractivity contribution in [1.82, 2.24) is 34.8 Å². The fourth-order valence-corrected chi connectivity index (χ4v) is 8.43. The summed E-state index contributed by atoms with van der Waals surface area (Å²) in [4.78, 5) is 50.1. The summed E-state index contributed by atoms with van der Waals surface area (Å²) in [6, 6.07) is -2.66. The maximum Gasteiger partial charge on any atom is 0.327 e. The number of ether oxygens (including phenoxy) is 3. The van der Waals surface area contributed by atoms with E-state index in [1.54, 1.807) is 13.8 Å². The van der Waals surface area contributed by atoms with Gasteiger partial charge in [0.25, 0.3) is 5.91 Å². The van der Waals surface area contributed by atoms with E-state index in [9.17, 15) is 29.2 Å². The normalized spacial score (nSPS) is 27.9. The van der Waals surface area contributed by atoms with Gasteiger partial charge in [-0.15, -0.1) is 0 Å². The highest BCUT2D eigenvalue weighted by atomic mass is 32.7. The number of likely N-dealkylation sites (N-methyl/N-ethyl adjacent to an activating group) is 1. The largest absolute Gasteiger partial charge is 0.479 e. The Morgan fingerprint density at radius 3 is 2.65 bits per heavy atom. The number of urea groups is 1. The van der Waals surface area contributed by atoms with Crippen LogP contribution in [0.3, 0.4) is 0 Å². The number of carbonyl (C=O) groups excluding carboxylic acids is 3. The predicted octanol–water partition coefficient (Wildman–Crippen LogP) is -0.236. The highest BCUT2D eigenvalue weighted by molar-refractivity contribution is 8.56. The molecule has 4 heterocycles. The van der Waals surface area contributed by atoms with Gasteiger partial charge in [-0.25, -0.2) is 14.9 Å². The van der Waals surface area contributed by atoms with Crippen molar-refractivity contribution in [3.05, 3.63) is 6.33 Å². The summed E-state index contributed by atoms with van der Waals surface area (Å²) in [5.74, 6) is -1.46. The number of hydrogen-bond acceptors (Lipinski definition) is 15. The fourth-order valence-electron chi connectivity index (χ4n) is 4.46. The first-order valence-electron chi connectivity index (χ1n) is 13.1. The zero-order valence-electron chi connectivity index (χ0n) is 24.3. The van der Waals surface area contributed by atoms with Crippen LogP contribution in [0.25, 0.3) is 11.2 Å².